The molecule has 2 aliphatic heterocycles. The molecule has 0 bridgehead atoms. The summed E-state index contributed by atoms with van der Waals surface area (Å²) in [5, 5.41) is 2.28. The molecule has 0 aromatic rings. The Hall–Kier alpha value is -1.15. The Kier molecular flexibility index (Phi) is 4.33. The van der Waals surface area contributed by atoms with Crippen LogP contribution in [0.5, 0.6) is 0 Å². The predicted molar refractivity (Wildman–Crippen MR) is 64.8 cm³/mol. The molecule has 0 aliphatic carbocycles. The first-order chi connectivity index (χ1) is 9.26. The number of alkyl halides is 3. The first-order valence-electron chi connectivity index (χ1n) is 6.65. The lowest BCUT2D eigenvalue weighted by molar-refractivity contribution is -0.158. The number of halogens is 3. The lowest BCUT2D eigenvalue weighted by Crippen LogP contribution is -2.61. The van der Waals surface area contributed by atoms with Crippen LogP contribution in [-0.4, -0.2) is 66.1 Å². The lowest BCUT2D eigenvalue weighted by atomic mass is 10.0. The molecule has 20 heavy (non-hydrogen) atoms. The second-order valence-electron chi connectivity index (χ2n) is 5.40. The molecule has 2 heterocycles. The molecule has 0 unspecified atom stereocenters. The Morgan fingerprint density at radius 3 is 2.55 bits per heavy atom. The molecule has 0 radical (unpaired) electrons. The van der Waals surface area contributed by atoms with E-state index in [9.17, 15) is 22.8 Å². The normalized spacial score (nSPS) is 30.4. The second-order valence-corrected chi connectivity index (χ2v) is 5.40. The van der Waals surface area contributed by atoms with Crippen molar-refractivity contribution in [2.45, 2.75) is 38.0 Å². The zero-order valence-corrected chi connectivity index (χ0v) is 11.2. The van der Waals surface area contributed by atoms with Crippen LogP contribution in [0.4, 0.5) is 13.2 Å². The fourth-order valence-corrected chi connectivity index (χ4v) is 2.80. The van der Waals surface area contributed by atoms with E-state index in [1.54, 1.807) is 6.92 Å². The highest BCUT2D eigenvalue weighted by molar-refractivity contribution is 6.00. The number of hydrogen-bond donors (Lipinski definition) is 1. The minimum absolute atomic E-state index is 0.268. The van der Waals surface area contributed by atoms with Gasteiger partial charge in [0.05, 0.1) is 12.6 Å². The molecular weight excluding hydrogens is 275 g/mol. The van der Waals surface area contributed by atoms with Gasteiger partial charge >= 0.3 is 6.18 Å². The molecule has 2 aliphatic rings. The molecule has 2 saturated heterocycles. The highest BCUT2D eigenvalue weighted by atomic mass is 19.4. The molecule has 0 aromatic heterocycles. The first kappa shape index (κ1) is 15.2. The molecule has 1 N–H and O–H groups in total. The van der Waals surface area contributed by atoms with Crippen LogP contribution in [0.25, 0.3) is 0 Å². The summed E-state index contributed by atoms with van der Waals surface area (Å²) in [7, 11) is 0. The number of hydrogen-bond acceptors (Lipinski definition) is 4. The van der Waals surface area contributed by atoms with Crippen molar-refractivity contribution < 1.29 is 22.8 Å². The number of rotatable bonds is 2. The van der Waals surface area contributed by atoms with Crippen LogP contribution in [0.3, 0.4) is 0 Å². The van der Waals surface area contributed by atoms with E-state index in [0.717, 1.165) is 0 Å². The summed E-state index contributed by atoms with van der Waals surface area (Å²) in [6, 6.07) is -0.668. The molecular formula is C12H18F3N3O2. The third kappa shape index (κ3) is 3.69. The van der Waals surface area contributed by atoms with E-state index in [2.05, 4.69) is 5.32 Å². The van der Waals surface area contributed by atoms with E-state index in [1.165, 1.54) is 4.90 Å². The molecule has 0 saturated carbocycles. The number of amides is 2. The smallest absolute Gasteiger partial charge is 0.295 e. The first-order valence-corrected chi connectivity index (χ1v) is 6.65. The fraction of sp³-hybridized carbons (Fsp3) is 0.833. The maximum absolute atomic E-state index is 12.4. The van der Waals surface area contributed by atoms with Gasteiger partial charge < -0.3 is 0 Å². The number of nitrogens with zero attached hydrogens (tertiary/aromatic N) is 2. The molecule has 8 heteroatoms. The monoisotopic (exact) mass is 293 g/mol. The third-order valence-corrected chi connectivity index (χ3v) is 3.83. The summed E-state index contributed by atoms with van der Waals surface area (Å²) in [5.41, 5.74) is 0. The number of nitrogens with one attached hydrogen (secondary N) is 1. The molecule has 114 valence electrons. The zero-order chi connectivity index (χ0) is 14.9. The van der Waals surface area contributed by atoms with Gasteiger partial charge in [-0.25, -0.2) is 0 Å². The largest absolute Gasteiger partial charge is 0.401 e. The van der Waals surface area contributed by atoms with Gasteiger partial charge in [-0.05, 0) is 13.3 Å². The quantitative estimate of drug-likeness (QED) is 0.747. The average Bonchev–Trinajstić information content (AvgIpc) is 2.30. The summed E-state index contributed by atoms with van der Waals surface area (Å²) in [6.07, 6.45) is -3.48. The van der Waals surface area contributed by atoms with Gasteiger partial charge in [-0.3, -0.25) is 24.7 Å². The maximum atomic E-state index is 12.4. The van der Waals surface area contributed by atoms with E-state index >= 15 is 0 Å². The van der Waals surface area contributed by atoms with Gasteiger partial charge in [0, 0.05) is 32.1 Å². The molecule has 2 rings (SSSR count). The van der Waals surface area contributed by atoms with Crippen LogP contribution < -0.4 is 5.32 Å². The van der Waals surface area contributed by atoms with E-state index in [4.69, 9.17) is 0 Å². The second kappa shape index (κ2) is 5.69. The lowest BCUT2D eigenvalue weighted by Gasteiger charge is -2.43. The van der Waals surface area contributed by atoms with Gasteiger partial charge in [0.25, 0.3) is 0 Å². The third-order valence-electron chi connectivity index (χ3n) is 3.83. The van der Waals surface area contributed by atoms with Gasteiger partial charge in [0.15, 0.2) is 0 Å². The summed E-state index contributed by atoms with van der Waals surface area (Å²) in [4.78, 5) is 26.1. The number of imide groups is 1. The summed E-state index contributed by atoms with van der Waals surface area (Å²) < 4.78 is 37.2. The van der Waals surface area contributed by atoms with E-state index in [-0.39, 0.29) is 30.8 Å². The van der Waals surface area contributed by atoms with Crippen molar-refractivity contribution in [3.63, 3.8) is 0 Å². The van der Waals surface area contributed by atoms with Crippen molar-refractivity contribution in [1.82, 2.24) is 15.1 Å². The van der Waals surface area contributed by atoms with Crippen molar-refractivity contribution in [2.75, 3.05) is 26.2 Å². The van der Waals surface area contributed by atoms with Crippen molar-refractivity contribution >= 4 is 11.8 Å². The van der Waals surface area contributed by atoms with Crippen LogP contribution in [0.2, 0.25) is 0 Å². The Morgan fingerprint density at radius 1 is 1.30 bits per heavy atom. The molecule has 2 amide bonds. The van der Waals surface area contributed by atoms with Crippen LogP contribution in [0.1, 0.15) is 19.8 Å². The highest BCUT2D eigenvalue weighted by Gasteiger charge is 2.38. The Labute approximate surface area is 115 Å². The van der Waals surface area contributed by atoms with Crippen LogP contribution in [0.15, 0.2) is 0 Å². The Morgan fingerprint density at radius 2 is 2.00 bits per heavy atom. The molecule has 0 spiro atoms. The fourth-order valence-electron chi connectivity index (χ4n) is 2.80. The minimum Gasteiger partial charge on any atom is -0.295 e. The standard InChI is InChI=1S/C12H18F3N3O2/c1-8-6-17(4-5-18(8)7-12(13,14)15)9-2-3-10(19)16-11(9)20/h8-9H,2-7H2,1H3,(H,16,19,20)/t8-,9-/m1/s1. The van der Waals surface area contributed by atoms with Gasteiger partial charge in [0.1, 0.15) is 0 Å². The zero-order valence-electron chi connectivity index (χ0n) is 11.2. The number of carbonyl (C=O) groups excluding carboxylic acids is 2. The number of carbonyl (C=O) groups is 2. The number of piperidine rings is 1. The van der Waals surface area contributed by atoms with Crippen LogP contribution in [0, 0.1) is 0 Å². The SMILES string of the molecule is C[C@@H]1CN([C@@H]2CCC(=O)NC2=O)CCN1CC(F)(F)F. The Bertz CT molecular complexity index is 400. The van der Waals surface area contributed by atoms with E-state index < -0.39 is 18.8 Å². The van der Waals surface area contributed by atoms with Gasteiger partial charge in [-0.2, -0.15) is 13.2 Å². The van der Waals surface area contributed by atoms with Crippen LogP contribution >= 0.6 is 0 Å². The van der Waals surface area contributed by atoms with Gasteiger partial charge in [-0.1, -0.05) is 0 Å². The average molecular weight is 293 g/mol. The van der Waals surface area contributed by atoms with E-state index in [0.29, 0.717) is 19.5 Å². The topological polar surface area (TPSA) is 52.7 Å². The maximum Gasteiger partial charge on any atom is 0.401 e. The highest BCUT2D eigenvalue weighted by Crippen LogP contribution is 2.22. The molecule has 0 aromatic carbocycles. The molecule has 2 fully saturated rings. The van der Waals surface area contributed by atoms with Gasteiger partial charge in [0.2, 0.25) is 11.8 Å². The van der Waals surface area contributed by atoms with Crippen LogP contribution in [-0.2, 0) is 9.59 Å². The minimum atomic E-state index is -4.20. The van der Waals surface area contributed by atoms with Gasteiger partial charge in [-0.15, -0.1) is 0 Å². The van der Waals surface area contributed by atoms with Crippen molar-refractivity contribution in [2.24, 2.45) is 0 Å². The summed E-state index contributed by atoms with van der Waals surface area (Å²) >= 11 is 0. The van der Waals surface area contributed by atoms with Crippen molar-refractivity contribution in [1.29, 1.82) is 0 Å². The number of piperazine rings is 1. The molecule has 2 atom stereocenters. The predicted octanol–water partition coefficient (Wildman–Crippen LogP) is 0.360. The summed E-state index contributed by atoms with van der Waals surface area (Å²) in [6.45, 7) is 1.90. The molecule has 5 nitrogen and oxygen atoms in total. The Balaban J connectivity index is 1.92. The van der Waals surface area contributed by atoms with E-state index in [1.807, 2.05) is 4.90 Å². The summed E-state index contributed by atoms with van der Waals surface area (Å²) in [5.74, 6) is -0.618. The van der Waals surface area contributed by atoms with Crippen molar-refractivity contribution in [3.8, 4) is 0 Å². The van der Waals surface area contributed by atoms with Crippen molar-refractivity contribution in [3.05, 3.63) is 0 Å².